The highest BCUT2D eigenvalue weighted by Gasteiger charge is 2.27. The van der Waals surface area contributed by atoms with Crippen molar-refractivity contribution in [3.05, 3.63) is 57.3 Å². The predicted molar refractivity (Wildman–Crippen MR) is 79.0 cm³/mol. The molecule has 0 unspecified atom stereocenters. The van der Waals surface area contributed by atoms with Gasteiger partial charge in [0.25, 0.3) is 5.56 Å². The Kier molecular flexibility index (Phi) is 3.38. The van der Waals surface area contributed by atoms with E-state index in [0.717, 1.165) is 24.1 Å². The van der Waals surface area contributed by atoms with Crippen LogP contribution in [0.25, 0.3) is 11.3 Å². The Morgan fingerprint density at radius 1 is 1.11 bits per heavy atom. The first kappa shape index (κ1) is 12.8. The van der Waals surface area contributed by atoms with Gasteiger partial charge in [0.2, 0.25) is 0 Å². The van der Waals surface area contributed by atoms with Gasteiger partial charge in [0.1, 0.15) is 0 Å². The summed E-state index contributed by atoms with van der Waals surface area (Å²) in [6.07, 6.45) is 2.12. The first-order chi connectivity index (χ1) is 9.20. The number of alkyl halides is 1. The number of hydrogen-bond acceptors (Lipinski definition) is 1. The van der Waals surface area contributed by atoms with E-state index >= 15 is 0 Å². The minimum atomic E-state index is 0.0324. The molecule has 0 bridgehead atoms. The summed E-state index contributed by atoms with van der Waals surface area (Å²) in [7, 11) is 0. The average Bonchev–Trinajstić information content (AvgIpc) is 3.23. The van der Waals surface area contributed by atoms with Crippen LogP contribution in [0.1, 0.15) is 24.4 Å². The molecule has 1 aromatic heterocycles. The van der Waals surface area contributed by atoms with Crippen molar-refractivity contribution < 1.29 is 0 Å². The number of halogens is 2. The summed E-state index contributed by atoms with van der Waals surface area (Å²) in [5, 5.41) is 0.696. The maximum Gasteiger partial charge on any atom is 0.255 e. The molecule has 1 aliphatic carbocycles. The standard InChI is InChI=1S/C15H13Cl2NO/c16-9-11-3-8-14(10-1-4-12(17)5-2-10)18(15(11)19)13-6-7-13/h1-5,8,13H,6-7,9H2. The molecule has 2 nitrogen and oxygen atoms in total. The quantitative estimate of drug-likeness (QED) is 0.776. The first-order valence-electron chi connectivity index (χ1n) is 6.27. The normalized spacial score (nSPS) is 14.6. The highest BCUT2D eigenvalue weighted by molar-refractivity contribution is 6.30. The van der Waals surface area contributed by atoms with Crippen LogP contribution in [0.4, 0.5) is 0 Å². The number of benzene rings is 1. The van der Waals surface area contributed by atoms with E-state index in [1.165, 1.54) is 0 Å². The Balaban J connectivity index is 2.18. The Morgan fingerprint density at radius 3 is 2.37 bits per heavy atom. The van der Waals surface area contributed by atoms with E-state index in [1.807, 2.05) is 41.0 Å². The van der Waals surface area contributed by atoms with Gasteiger partial charge in [-0.25, -0.2) is 0 Å². The van der Waals surface area contributed by atoms with Crippen LogP contribution in [-0.4, -0.2) is 4.57 Å². The van der Waals surface area contributed by atoms with E-state index < -0.39 is 0 Å². The molecule has 1 heterocycles. The Morgan fingerprint density at radius 2 is 1.79 bits per heavy atom. The number of hydrogen-bond donors (Lipinski definition) is 0. The van der Waals surface area contributed by atoms with Gasteiger partial charge in [0, 0.05) is 16.6 Å². The van der Waals surface area contributed by atoms with E-state index in [4.69, 9.17) is 23.2 Å². The molecule has 0 saturated heterocycles. The molecule has 98 valence electrons. The largest absolute Gasteiger partial charge is 0.305 e. The van der Waals surface area contributed by atoms with Crippen molar-refractivity contribution in [1.82, 2.24) is 4.57 Å². The van der Waals surface area contributed by atoms with Crippen molar-refractivity contribution in [2.75, 3.05) is 0 Å². The fourth-order valence-electron chi connectivity index (χ4n) is 2.25. The van der Waals surface area contributed by atoms with E-state index in [1.54, 1.807) is 0 Å². The summed E-state index contributed by atoms with van der Waals surface area (Å²) in [5.74, 6) is 0.256. The van der Waals surface area contributed by atoms with Crippen molar-refractivity contribution in [3.8, 4) is 11.3 Å². The molecule has 3 rings (SSSR count). The van der Waals surface area contributed by atoms with E-state index in [0.29, 0.717) is 16.6 Å². The van der Waals surface area contributed by atoms with Crippen molar-refractivity contribution in [2.24, 2.45) is 0 Å². The minimum Gasteiger partial charge on any atom is -0.305 e. The average molecular weight is 294 g/mol. The van der Waals surface area contributed by atoms with Crippen LogP contribution in [0.2, 0.25) is 5.02 Å². The van der Waals surface area contributed by atoms with Gasteiger partial charge in [-0.15, -0.1) is 11.6 Å². The van der Waals surface area contributed by atoms with Crippen molar-refractivity contribution in [1.29, 1.82) is 0 Å². The van der Waals surface area contributed by atoms with Crippen LogP contribution in [-0.2, 0) is 5.88 Å². The lowest BCUT2D eigenvalue weighted by Crippen LogP contribution is -2.23. The van der Waals surface area contributed by atoms with Gasteiger partial charge >= 0.3 is 0 Å². The van der Waals surface area contributed by atoms with E-state index in [2.05, 4.69) is 0 Å². The van der Waals surface area contributed by atoms with Gasteiger partial charge in [-0.2, -0.15) is 0 Å². The van der Waals surface area contributed by atoms with Gasteiger partial charge in [0.05, 0.1) is 11.6 Å². The molecule has 4 heteroatoms. The van der Waals surface area contributed by atoms with Crippen LogP contribution in [0, 0.1) is 0 Å². The molecule has 1 aromatic carbocycles. The second-order valence-electron chi connectivity index (χ2n) is 4.79. The smallest absolute Gasteiger partial charge is 0.255 e. The zero-order valence-electron chi connectivity index (χ0n) is 10.3. The monoisotopic (exact) mass is 293 g/mol. The Bertz CT molecular complexity index is 657. The molecular formula is C15H13Cl2NO. The van der Waals surface area contributed by atoms with Crippen LogP contribution >= 0.6 is 23.2 Å². The highest BCUT2D eigenvalue weighted by atomic mass is 35.5. The summed E-state index contributed by atoms with van der Waals surface area (Å²) in [4.78, 5) is 12.4. The predicted octanol–water partition coefficient (Wildman–Crippen LogP) is 4.24. The molecule has 19 heavy (non-hydrogen) atoms. The maximum atomic E-state index is 12.4. The molecule has 0 N–H and O–H groups in total. The SMILES string of the molecule is O=c1c(CCl)ccc(-c2ccc(Cl)cc2)n1C1CC1. The zero-order valence-corrected chi connectivity index (χ0v) is 11.8. The van der Waals surface area contributed by atoms with Gasteiger partial charge in [0.15, 0.2) is 0 Å². The minimum absolute atomic E-state index is 0.0324. The molecular weight excluding hydrogens is 281 g/mol. The molecule has 0 aliphatic heterocycles. The van der Waals surface area contributed by atoms with Crippen molar-refractivity contribution in [2.45, 2.75) is 24.8 Å². The molecule has 1 saturated carbocycles. The topological polar surface area (TPSA) is 22.0 Å². The lowest BCUT2D eigenvalue weighted by molar-refractivity contribution is 0.709. The molecule has 0 atom stereocenters. The Labute approximate surface area is 121 Å². The second-order valence-corrected chi connectivity index (χ2v) is 5.49. The summed E-state index contributed by atoms with van der Waals surface area (Å²) in [5.41, 5.74) is 2.64. The number of pyridine rings is 1. The van der Waals surface area contributed by atoms with Crippen LogP contribution in [0.15, 0.2) is 41.2 Å². The lowest BCUT2D eigenvalue weighted by atomic mass is 10.1. The van der Waals surface area contributed by atoms with Crippen molar-refractivity contribution >= 4 is 23.2 Å². The van der Waals surface area contributed by atoms with Gasteiger partial charge < -0.3 is 4.57 Å². The molecule has 0 spiro atoms. The van der Waals surface area contributed by atoms with Crippen LogP contribution in [0.3, 0.4) is 0 Å². The number of nitrogens with zero attached hydrogens (tertiary/aromatic N) is 1. The first-order valence-corrected chi connectivity index (χ1v) is 7.18. The number of aromatic nitrogens is 1. The van der Waals surface area contributed by atoms with Gasteiger partial charge in [-0.1, -0.05) is 29.8 Å². The molecule has 0 radical (unpaired) electrons. The van der Waals surface area contributed by atoms with Crippen molar-refractivity contribution in [3.63, 3.8) is 0 Å². The van der Waals surface area contributed by atoms with E-state index in [-0.39, 0.29) is 11.4 Å². The summed E-state index contributed by atoms with van der Waals surface area (Å²) in [6, 6.07) is 11.7. The van der Waals surface area contributed by atoms with Gasteiger partial charge in [-0.3, -0.25) is 4.79 Å². The van der Waals surface area contributed by atoms with Crippen LogP contribution in [0.5, 0.6) is 0 Å². The molecule has 0 amide bonds. The zero-order chi connectivity index (χ0) is 13.4. The third-order valence-corrected chi connectivity index (χ3v) is 3.93. The molecule has 1 aliphatic rings. The molecule has 2 aromatic rings. The summed E-state index contributed by atoms with van der Waals surface area (Å²) in [6.45, 7) is 0. The highest BCUT2D eigenvalue weighted by Crippen LogP contribution is 2.37. The lowest BCUT2D eigenvalue weighted by Gasteiger charge is -2.13. The summed E-state index contributed by atoms with van der Waals surface area (Å²) >= 11 is 11.7. The third-order valence-electron chi connectivity index (χ3n) is 3.39. The number of rotatable bonds is 3. The Hall–Kier alpha value is -1.25. The fourth-order valence-corrected chi connectivity index (χ4v) is 2.58. The van der Waals surface area contributed by atoms with E-state index in [9.17, 15) is 4.79 Å². The molecule has 1 fully saturated rings. The van der Waals surface area contributed by atoms with Gasteiger partial charge in [-0.05, 0) is 36.6 Å². The fraction of sp³-hybridized carbons (Fsp3) is 0.267. The van der Waals surface area contributed by atoms with Crippen LogP contribution < -0.4 is 5.56 Å². The second kappa shape index (κ2) is 5.03. The summed E-state index contributed by atoms with van der Waals surface area (Å²) < 4.78 is 1.88. The third kappa shape index (κ3) is 2.43. The maximum absolute atomic E-state index is 12.4.